The zero-order valence-corrected chi connectivity index (χ0v) is 12.1. The zero-order chi connectivity index (χ0) is 14.7. The van der Waals surface area contributed by atoms with Crippen LogP contribution in [0.3, 0.4) is 0 Å². The number of allylic oxidation sites excluding steroid dienone is 2. The molecule has 0 unspecified atom stereocenters. The van der Waals surface area contributed by atoms with E-state index in [2.05, 4.69) is 72.3 Å². The van der Waals surface area contributed by atoms with Crippen molar-refractivity contribution in [2.24, 2.45) is 0 Å². The van der Waals surface area contributed by atoms with Gasteiger partial charge in [0.25, 0.3) is 0 Å². The van der Waals surface area contributed by atoms with Crippen molar-refractivity contribution in [1.82, 2.24) is 4.57 Å². The summed E-state index contributed by atoms with van der Waals surface area (Å²) < 4.78 is 2.34. The maximum Gasteiger partial charge on any atom is 0.0492 e. The Labute approximate surface area is 125 Å². The molecule has 0 aliphatic heterocycles. The third kappa shape index (κ3) is 2.31. The minimum Gasteiger partial charge on any atom is -0.340 e. The van der Waals surface area contributed by atoms with Gasteiger partial charge in [-0.1, -0.05) is 60.7 Å². The summed E-state index contributed by atoms with van der Waals surface area (Å²) in [6.45, 7) is 8.64. The molecule has 3 aromatic rings. The minimum atomic E-state index is 0.816. The fraction of sp³-hybridized carbons (Fsp3) is 0.100. The van der Waals surface area contributed by atoms with Gasteiger partial charge in [-0.05, 0) is 11.6 Å². The maximum atomic E-state index is 3.92. The molecule has 2 aromatic carbocycles. The molecule has 1 aromatic heterocycles. The molecule has 0 N–H and O–H groups in total. The number of para-hydroxylation sites is 1. The van der Waals surface area contributed by atoms with E-state index in [1.807, 2.05) is 12.2 Å². The third-order valence-electron chi connectivity index (χ3n) is 3.79. The predicted octanol–water partition coefficient (Wildman–Crippen LogP) is 5.22. The number of aromatic nitrogens is 1. The first kappa shape index (κ1) is 13.4. The van der Waals surface area contributed by atoms with Crippen molar-refractivity contribution in [2.75, 3.05) is 0 Å². The molecule has 0 aliphatic carbocycles. The highest BCUT2D eigenvalue weighted by Gasteiger charge is 2.16. The summed E-state index contributed by atoms with van der Waals surface area (Å²) in [6.07, 6.45) is 4.78. The Kier molecular flexibility index (Phi) is 3.74. The molecule has 1 nitrogen and oxygen atoms in total. The highest BCUT2D eigenvalue weighted by Crippen LogP contribution is 2.35. The van der Waals surface area contributed by atoms with Crippen molar-refractivity contribution in [3.63, 3.8) is 0 Å². The summed E-state index contributed by atoms with van der Waals surface area (Å²) >= 11 is 0. The number of rotatable bonds is 5. The first-order chi connectivity index (χ1) is 10.4. The minimum absolute atomic E-state index is 0.816. The average molecular weight is 273 g/mol. The molecule has 0 amide bonds. The van der Waals surface area contributed by atoms with Crippen molar-refractivity contribution >= 4 is 10.9 Å². The van der Waals surface area contributed by atoms with Crippen LogP contribution in [-0.4, -0.2) is 4.57 Å². The molecular weight excluding hydrogens is 254 g/mol. The molecule has 21 heavy (non-hydrogen) atoms. The van der Waals surface area contributed by atoms with Gasteiger partial charge in [0.05, 0.1) is 0 Å². The van der Waals surface area contributed by atoms with Gasteiger partial charge in [-0.2, -0.15) is 0 Å². The van der Waals surface area contributed by atoms with E-state index in [9.17, 15) is 0 Å². The Morgan fingerprint density at radius 1 is 0.857 bits per heavy atom. The standard InChI is InChI=1S/C20H19N/c1-3-10-19-20(16-11-6-5-7-12-16)17-13-8-9-14-18(17)21(19)15-4-2/h3-9,11-14H,1-2,10,15H2. The van der Waals surface area contributed by atoms with E-state index in [4.69, 9.17) is 0 Å². The molecule has 104 valence electrons. The van der Waals surface area contributed by atoms with E-state index in [-0.39, 0.29) is 0 Å². The van der Waals surface area contributed by atoms with Crippen molar-refractivity contribution in [3.05, 3.63) is 85.6 Å². The SMILES string of the molecule is C=CCc1c(-c2ccccc2)c2ccccc2n1CC=C. The summed E-state index contributed by atoms with van der Waals surface area (Å²) in [6, 6.07) is 19.2. The molecule has 1 heteroatoms. The van der Waals surface area contributed by atoms with Crippen LogP contribution in [0.15, 0.2) is 79.9 Å². The molecule has 0 spiro atoms. The molecule has 0 radical (unpaired) electrons. The van der Waals surface area contributed by atoms with Crippen LogP contribution in [0, 0.1) is 0 Å². The van der Waals surface area contributed by atoms with Gasteiger partial charge in [0.1, 0.15) is 0 Å². The fourth-order valence-corrected chi connectivity index (χ4v) is 2.97. The molecule has 0 saturated carbocycles. The largest absolute Gasteiger partial charge is 0.340 e. The first-order valence-electron chi connectivity index (χ1n) is 7.24. The van der Waals surface area contributed by atoms with Gasteiger partial charge in [-0.25, -0.2) is 0 Å². The van der Waals surface area contributed by atoms with Crippen LogP contribution in [0.4, 0.5) is 0 Å². The topological polar surface area (TPSA) is 4.93 Å². The lowest BCUT2D eigenvalue weighted by Gasteiger charge is -2.09. The van der Waals surface area contributed by atoms with Crippen molar-refractivity contribution in [1.29, 1.82) is 0 Å². The number of nitrogens with zero attached hydrogens (tertiary/aromatic N) is 1. The third-order valence-corrected chi connectivity index (χ3v) is 3.79. The molecule has 0 aliphatic rings. The number of fused-ring (bicyclic) bond motifs is 1. The van der Waals surface area contributed by atoms with Crippen LogP contribution in [0.25, 0.3) is 22.0 Å². The van der Waals surface area contributed by atoms with Gasteiger partial charge in [-0.3, -0.25) is 0 Å². The summed E-state index contributed by atoms with van der Waals surface area (Å²) in [5.74, 6) is 0. The second-order valence-corrected chi connectivity index (χ2v) is 5.10. The Balaban J connectivity index is 2.38. The number of hydrogen-bond donors (Lipinski definition) is 0. The highest BCUT2D eigenvalue weighted by molar-refractivity contribution is 5.98. The Bertz CT molecular complexity index is 778. The first-order valence-corrected chi connectivity index (χ1v) is 7.24. The van der Waals surface area contributed by atoms with E-state index in [1.54, 1.807) is 0 Å². The van der Waals surface area contributed by atoms with Gasteiger partial charge in [0.2, 0.25) is 0 Å². The van der Waals surface area contributed by atoms with Gasteiger partial charge >= 0.3 is 0 Å². The lowest BCUT2D eigenvalue weighted by molar-refractivity contribution is 0.813. The molecule has 0 fully saturated rings. The van der Waals surface area contributed by atoms with Crippen molar-refractivity contribution < 1.29 is 0 Å². The van der Waals surface area contributed by atoms with Crippen LogP contribution in [0.1, 0.15) is 5.69 Å². The second-order valence-electron chi connectivity index (χ2n) is 5.10. The van der Waals surface area contributed by atoms with Gasteiger partial charge < -0.3 is 4.57 Å². The molecular formula is C20H19N. The lowest BCUT2D eigenvalue weighted by Crippen LogP contribution is -2.01. The van der Waals surface area contributed by atoms with Gasteiger partial charge in [0.15, 0.2) is 0 Å². The number of benzene rings is 2. The summed E-state index contributed by atoms with van der Waals surface area (Å²) in [7, 11) is 0. The van der Waals surface area contributed by atoms with E-state index in [1.165, 1.54) is 27.7 Å². The normalized spacial score (nSPS) is 10.7. The van der Waals surface area contributed by atoms with E-state index >= 15 is 0 Å². The monoisotopic (exact) mass is 273 g/mol. The van der Waals surface area contributed by atoms with Gasteiger partial charge in [-0.15, -0.1) is 13.2 Å². The number of hydrogen-bond acceptors (Lipinski definition) is 0. The van der Waals surface area contributed by atoms with Crippen LogP contribution >= 0.6 is 0 Å². The zero-order valence-electron chi connectivity index (χ0n) is 12.1. The predicted molar refractivity (Wildman–Crippen MR) is 91.5 cm³/mol. The fourth-order valence-electron chi connectivity index (χ4n) is 2.97. The smallest absolute Gasteiger partial charge is 0.0492 e. The van der Waals surface area contributed by atoms with Crippen LogP contribution in [0.5, 0.6) is 0 Å². The quantitative estimate of drug-likeness (QED) is 0.561. The molecule has 0 atom stereocenters. The molecule has 0 saturated heterocycles. The maximum absolute atomic E-state index is 3.92. The van der Waals surface area contributed by atoms with Gasteiger partial charge in [0, 0.05) is 35.1 Å². The Hall–Kier alpha value is -2.54. The van der Waals surface area contributed by atoms with E-state index in [0.29, 0.717) is 0 Å². The van der Waals surface area contributed by atoms with Crippen LogP contribution in [-0.2, 0) is 13.0 Å². The Morgan fingerprint density at radius 2 is 1.57 bits per heavy atom. The summed E-state index contributed by atoms with van der Waals surface area (Å²) in [5.41, 5.74) is 5.13. The van der Waals surface area contributed by atoms with Crippen molar-refractivity contribution in [2.45, 2.75) is 13.0 Å². The molecule has 1 heterocycles. The van der Waals surface area contributed by atoms with E-state index < -0.39 is 0 Å². The summed E-state index contributed by atoms with van der Waals surface area (Å²) in [5, 5.41) is 1.29. The van der Waals surface area contributed by atoms with E-state index in [0.717, 1.165) is 13.0 Å². The van der Waals surface area contributed by atoms with Crippen LogP contribution < -0.4 is 0 Å². The summed E-state index contributed by atoms with van der Waals surface area (Å²) in [4.78, 5) is 0. The molecule has 0 bridgehead atoms. The lowest BCUT2D eigenvalue weighted by atomic mass is 10.0. The highest BCUT2D eigenvalue weighted by atomic mass is 15.0. The molecule has 3 rings (SSSR count). The van der Waals surface area contributed by atoms with Crippen molar-refractivity contribution in [3.8, 4) is 11.1 Å². The second kappa shape index (κ2) is 5.84. The average Bonchev–Trinajstić information content (AvgIpc) is 2.83. The Morgan fingerprint density at radius 3 is 2.29 bits per heavy atom. The van der Waals surface area contributed by atoms with Crippen LogP contribution in [0.2, 0.25) is 0 Å².